The molecule has 1 aromatic heterocycles. The van der Waals surface area contributed by atoms with E-state index in [2.05, 4.69) is 11.1 Å². The first-order valence-electron chi connectivity index (χ1n) is 7.03. The minimum atomic E-state index is 0.116. The van der Waals surface area contributed by atoms with E-state index in [1.165, 1.54) is 16.5 Å². The fourth-order valence-electron chi connectivity index (χ4n) is 2.51. The van der Waals surface area contributed by atoms with Gasteiger partial charge in [0.15, 0.2) is 4.34 Å². The van der Waals surface area contributed by atoms with Crippen LogP contribution < -0.4 is 0 Å². The van der Waals surface area contributed by atoms with Gasteiger partial charge in [0.1, 0.15) is 0 Å². The summed E-state index contributed by atoms with van der Waals surface area (Å²) in [6.07, 6.45) is 0.232. The predicted octanol–water partition coefficient (Wildman–Crippen LogP) is 3.02. The molecule has 1 fully saturated rings. The van der Waals surface area contributed by atoms with Crippen molar-refractivity contribution in [3.05, 3.63) is 24.3 Å². The predicted molar refractivity (Wildman–Crippen MR) is 86.9 cm³/mol. The van der Waals surface area contributed by atoms with Crippen molar-refractivity contribution in [1.82, 2.24) is 9.88 Å². The Bertz CT molecular complexity index is 600. The van der Waals surface area contributed by atoms with Crippen molar-refractivity contribution in [3.63, 3.8) is 0 Å². The van der Waals surface area contributed by atoms with Crippen molar-refractivity contribution in [3.8, 4) is 0 Å². The third-order valence-corrected chi connectivity index (χ3v) is 5.53. The van der Waals surface area contributed by atoms with Gasteiger partial charge < -0.3 is 9.64 Å². The number of hydrogen-bond acceptors (Lipinski definition) is 5. The summed E-state index contributed by atoms with van der Waals surface area (Å²) in [5, 5.41) is 0. The number of nitrogens with zero attached hydrogens (tertiary/aromatic N) is 2. The van der Waals surface area contributed by atoms with E-state index >= 15 is 0 Å². The van der Waals surface area contributed by atoms with E-state index in [0.717, 1.165) is 9.86 Å². The first-order valence-corrected chi connectivity index (χ1v) is 8.83. The van der Waals surface area contributed by atoms with E-state index in [0.29, 0.717) is 18.8 Å². The maximum Gasteiger partial charge on any atom is 0.233 e. The number of hydrogen-bond donors (Lipinski definition) is 0. The van der Waals surface area contributed by atoms with Crippen molar-refractivity contribution in [2.75, 3.05) is 18.8 Å². The van der Waals surface area contributed by atoms with Gasteiger partial charge in [0, 0.05) is 13.1 Å². The van der Waals surface area contributed by atoms with Gasteiger partial charge in [-0.05, 0) is 26.0 Å². The number of aromatic nitrogens is 1. The van der Waals surface area contributed by atoms with Gasteiger partial charge in [0.05, 0.1) is 28.2 Å². The number of amides is 1. The third kappa shape index (κ3) is 3.56. The number of morpholine rings is 1. The third-order valence-electron chi connectivity index (χ3n) is 3.37. The van der Waals surface area contributed by atoms with E-state index in [1.54, 1.807) is 11.3 Å². The summed E-state index contributed by atoms with van der Waals surface area (Å²) in [7, 11) is 0. The number of thioether (sulfide) groups is 1. The minimum Gasteiger partial charge on any atom is -0.372 e. The highest BCUT2D eigenvalue weighted by atomic mass is 32.2. The fourth-order valence-corrected chi connectivity index (χ4v) is 4.48. The lowest BCUT2D eigenvalue weighted by Crippen LogP contribution is -2.48. The van der Waals surface area contributed by atoms with Gasteiger partial charge in [0.2, 0.25) is 5.91 Å². The van der Waals surface area contributed by atoms with Crippen molar-refractivity contribution in [1.29, 1.82) is 0 Å². The van der Waals surface area contributed by atoms with Gasteiger partial charge in [-0.1, -0.05) is 23.9 Å². The lowest BCUT2D eigenvalue weighted by molar-refractivity contribution is -0.140. The minimum absolute atomic E-state index is 0.116. The largest absolute Gasteiger partial charge is 0.372 e. The highest BCUT2D eigenvalue weighted by molar-refractivity contribution is 8.01. The van der Waals surface area contributed by atoms with E-state index in [-0.39, 0.29) is 18.1 Å². The normalized spacial score (nSPS) is 22.7. The monoisotopic (exact) mass is 322 g/mol. The Morgan fingerprint density at radius 3 is 2.81 bits per heavy atom. The van der Waals surface area contributed by atoms with Gasteiger partial charge in [-0.2, -0.15) is 0 Å². The first-order chi connectivity index (χ1) is 10.1. The molecule has 1 aliphatic heterocycles. The van der Waals surface area contributed by atoms with Crippen LogP contribution in [0.1, 0.15) is 13.8 Å². The number of benzene rings is 1. The molecule has 1 saturated heterocycles. The summed E-state index contributed by atoms with van der Waals surface area (Å²) in [5.41, 5.74) is 1.01. The van der Waals surface area contributed by atoms with Crippen LogP contribution in [0.15, 0.2) is 28.6 Å². The van der Waals surface area contributed by atoms with Crippen LogP contribution in [0.25, 0.3) is 10.2 Å². The van der Waals surface area contributed by atoms with Crippen molar-refractivity contribution < 1.29 is 9.53 Å². The summed E-state index contributed by atoms with van der Waals surface area (Å²) in [6, 6.07) is 8.06. The van der Waals surface area contributed by atoms with E-state index < -0.39 is 0 Å². The molecule has 0 N–H and O–H groups in total. The second-order valence-electron chi connectivity index (χ2n) is 5.29. The summed E-state index contributed by atoms with van der Waals surface area (Å²) < 4.78 is 7.78. The lowest BCUT2D eigenvalue weighted by atomic mass is 10.2. The van der Waals surface area contributed by atoms with Crippen molar-refractivity contribution in [2.45, 2.75) is 30.4 Å². The Kier molecular flexibility index (Phi) is 4.47. The van der Waals surface area contributed by atoms with Crippen molar-refractivity contribution in [2.24, 2.45) is 0 Å². The molecule has 0 unspecified atom stereocenters. The molecule has 21 heavy (non-hydrogen) atoms. The maximum atomic E-state index is 12.3. The molecular weight excluding hydrogens is 304 g/mol. The Balaban J connectivity index is 1.60. The Morgan fingerprint density at radius 1 is 1.38 bits per heavy atom. The van der Waals surface area contributed by atoms with Gasteiger partial charge in [-0.15, -0.1) is 11.3 Å². The molecule has 0 saturated carbocycles. The number of thiazole rings is 1. The molecule has 0 spiro atoms. The smallest absolute Gasteiger partial charge is 0.233 e. The molecule has 3 rings (SSSR count). The second-order valence-corrected chi connectivity index (χ2v) is 7.55. The molecule has 2 atom stereocenters. The molecule has 1 aliphatic rings. The zero-order valence-corrected chi connectivity index (χ0v) is 13.7. The summed E-state index contributed by atoms with van der Waals surface area (Å²) in [4.78, 5) is 18.8. The van der Waals surface area contributed by atoms with E-state index in [9.17, 15) is 4.79 Å². The maximum absolute atomic E-state index is 12.3. The zero-order valence-electron chi connectivity index (χ0n) is 12.1. The van der Waals surface area contributed by atoms with Crippen LogP contribution in [-0.4, -0.2) is 46.8 Å². The van der Waals surface area contributed by atoms with Crippen LogP contribution in [-0.2, 0) is 9.53 Å². The molecule has 0 radical (unpaired) electrons. The van der Waals surface area contributed by atoms with Crippen LogP contribution in [0.4, 0.5) is 0 Å². The summed E-state index contributed by atoms with van der Waals surface area (Å²) in [6.45, 7) is 5.39. The highest BCUT2D eigenvalue weighted by Crippen LogP contribution is 2.29. The molecule has 1 aromatic carbocycles. The van der Waals surface area contributed by atoms with Gasteiger partial charge in [-0.25, -0.2) is 4.98 Å². The fraction of sp³-hybridized carbons (Fsp3) is 0.467. The average Bonchev–Trinajstić information content (AvgIpc) is 2.86. The number of ether oxygens (including phenoxy) is 1. The van der Waals surface area contributed by atoms with Gasteiger partial charge in [0.25, 0.3) is 0 Å². The van der Waals surface area contributed by atoms with Crippen LogP contribution in [0.2, 0.25) is 0 Å². The molecule has 4 nitrogen and oxygen atoms in total. The molecule has 0 bridgehead atoms. The standard InChI is InChI=1S/C15H18N2O2S2/c1-10-7-17(8-11(2)19-10)14(18)9-20-15-16-12-5-3-4-6-13(12)21-15/h3-6,10-11H,7-9H2,1-2H3/t10-,11-/m1/s1. The topological polar surface area (TPSA) is 42.4 Å². The van der Waals surface area contributed by atoms with Crippen molar-refractivity contribution >= 4 is 39.2 Å². The molecule has 2 aromatic rings. The number of carbonyl (C=O) groups is 1. The quantitative estimate of drug-likeness (QED) is 0.815. The van der Waals surface area contributed by atoms with Crippen LogP contribution in [0, 0.1) is 0 Å². The Morgan fingerprint density at radius 2 is 2.10 bits per heavy atom. The highest BCUT2D eigenvalue weighted by Gasteiger charge is 2.25. The second kappa shape index (κ2) is 6.34. The molecule has 1 amide bonds. The SMILES string of the molecule is C[C@@H]1CN(C(=O)CSc2nc3ccccc3s2)C[C@@H](C)O1. The molecular formula is C15H18N2O2S2. The zero-order chi connectivity index (χ0) is 14.8. The summed E-state index contributed by atoms with van der Waals surface area (Å²) >= 11 is 3.17. The number of rotatable bonds is 3. The number of carbonyl (C=O) groups excluding carboxylic acids is 1. The van der Waals surface area contributed by atoms with E-state index in [1.807, 2.05) is 36.9 Å². The van der Waals surface area contributed by atoms with Crippen LogP contribution in [0.3, 0.4) is 0 Å². The van der Waals surface area contributed by atoms with Gasteiger partial charge in [-0.3, -0.25) is 4.79 Å². The Labute approximate surface area is 132 Å². The first kappa shape index (κ1) is 14.8. The van der Waals surface area contributed by atoms with E-state index in [4.69, 9.17) is 4.74 Å². The molecule has 2 heterocycles. The number of para-hydroxylation sites is 1. The van der Waals surface area contributed by atoms with Crippen LogP contribution >= 0.6 is 23.1 Å². The Hall–Kier alpha value is -1.11. The molecule has 0 aliphatic carbocycles. The molecule has 112 valence electrons. The average molecular weight is 322 g/mol. The molecule has 6 heteroatoms. The van der Waals surface area contributed by atoms with Gasteiger partial charge >= 0.3 is 0 Å². The lowest BCUT2D eigenvalue weighted by Gasteiger charge is -2.35. The summed E-state index contributed by atoms with van der Waals surface area (Å²) in [5.74, 6) is 0.612. The van der Waals surface area contributed by atoms with Crippen LogP contribution in [0.5, 0.6) is 0 Å². The number of fused-ring (bicyclic) bond motifs is 1.